The summed E-state index contributed by atoms with van der Waals surface area (Å²) in [6, 6.07) is 25.2. The highest BCUT2D eigenvalue weighted by Crippen LogP contribution is 2.27. The molecule has 1 saturated heterocycles. The van der Waals surface area contributed by atoms with Gasteiger partial charge in [-0.1, -0.05) is 30.3 Å². The van der Waals surface area contributed by atoms with E-state index in [1.807, 2.05) is 28.8 Å². The molecule has 1 aliphatic rings. The van der Waals surface area contributed by atoms with E-state index >= 15 is 0 Å². The second-order valence-electron chi connectivity index (χ2n) is 9.56. The monoisotopic (exact) mass is 494 g/mol. The number of nitrogens with zero attached hydrogens (tertiary/aromatic N) is 4. The molecule has 1 N–H and O–H groups in total. The highest BCUT2D eigenvalue weighted by molar-refractivity contribution is 5.86. The van der Waals surface area contributed by atoms with E-state index in [-0.39, 0.29) is 6.10 Å². The van der Waals surface area contributed by atoms with Crippen LogP contribution in [0.1, 0.15) is 12.0 Å². The van der Waals surface area contributed by atoms with Gasteiger partial charge in [-0.05, 0) is 59.5 Å². The van der Waals surface area contributed by atoms with Gasteiger partial charge < -0.3 is 14.6 Å². The molecule has 3 heterocycles. The van der Waals surface area contributed by atoms with Crippen LogP contribution in [0.25, 0.3) is 38.9 Å². The van der Waals surface area contributed by atoms with Gasteiger partial charge in [0.25, 0.3) is 0 Å². The van der Waals surface area contributed by atoms with Crippen molar-refractivity contribution in [2.24, 2.45) is 0 Å². The van der Waals surface area contributed by atoms with Crippen molar-refractivity contribution in [3.8, 4) is 22.7 Å². The molecule has 1 fully saturated rings. The van der Waals surface area contributed by atoms with E-state index in [1.54, 1.807) is 13.4 Å². The lowest BCUT2D eigenvalue weighted by Crippen LogP contribution is -2.21. The van der Waals surface area contributed by atoms with Gasteiger partial charge in [0.15, 0.2) is 0 Å². The molecular formula is C30H30N4O3. The first-order valence-corrected chi connectivity index (χ1v) is 12.7. The Morgan fingerprint density at radius 2 is 1.78 bits per heavy atom. The molecule has 0 amide bonds. The van der Waals surface area contributed by atoms with Gasteiger partial charge in [-0.25, -0.2) is 9.97 Å². The Morgan fingerprint density at radius 3 is 2.59 bits per heavy atom. The number of imidazole rings is 1. The van der Waals surface area contributed by atoms with Crippen molar-refractivity contribution >= 4 is 21.9 Å². The maximum atomic E-state index is 9.76. The van der Waals surface area contributed by atoms with Gasteiger partial charge in [0, 0.05) is 38.2 Å². The zero-order valence-corrected chi connectivity index (χ0v) is 20.9. The minimum atomic E-state index is -0.183. The second kappa shape index (κ2) is 10.3. The Morgan fingerprint density at radius 1 is 0.919 bits per heavy atom. The Hall–Kier alpha value is -3.78. The number of hydrogen-bond acceptors (Lipinski definition) is 6. The third-order valence-corrected chi connectivity index (χ3v) is 6.94. The lowest BCUT2D eigenvalue weighted by Gasteiger charge is -2.15. The van der Waals surface area contributed by atoms with Gasteiger partial charge >= 0.3 is 0 Å². The van der Waals surface area contributed by atoms with Crippen LogP contribution >= 0.6 is 0 Å². The summed E-state index contributed by atoms with van der Waals surface area (Å²) in [6.45, 7) is 3.66. The minimum absolute atomic E-state index is 0.183. The summed E-state index contributed by atoms with van der Waals surface area (Å²) in [4.78, 5) is 11.8. The van der Waals surface area contributed by atoms with E-state index in [1.165, 1.54) is 16.7 Å². The van der Waals surface area contributed by atoms with Gasteiger partial charge in [0.05, 0.1) is 29.3 Å². The number of ether oxygens (including phenoxy) is 2. The second-order valence-corrected chi connectivity index (χ2v) is 9.56. The van der Waals surface area contributed by atoms with E-state index < -0.39 is 0 Å². The molecule has 1 aliphatic heterocycles. The first kappa shape index (κ1) is 23.6. The summed E-state index contributed by atoms with van der Waals surface area (Å²) < 4.78 is 12.8. The average molecular weight is 495 g/mol. The molecule has 7 heteroatoms. The standard InChI is InChI=1S/C30H30N4O3/c1-36-14-15-37-26-8-10-29-28(17-26)31-20-34(29)30-11-7-24-16-23(6-9-27(24)32-30)22-4-2-21(3-5-22)18-33-13-12-25(35)19-33/h2-11,16-17,20,25,35H,12-15,18-19H2,1H3/t25-/m1/s1. The normalized spacial score (nSPS) is 16.1. The highest BCUT2D eigenvalue weighted by Gasteiger charge is 2.19. The fourth-order valence-corrected chi connectivity index (χ4v) is 4.95. The van der Waals surface area contributed by atoms with Crippen LogP contribution in [-0.4, -0.2) is 64.1 Å². The van der Waals surface area contributed by atoms with E-state index in [4.69, 9.17) is 14.5 Å². The Balaban J connectivity index is 1.21. The third kappa shape index (κ3) is 5.06. The number of methoxy groups -OCH3 is 1. The molecular weight excluding hydrogens is 464 g/mol. The van der Waals surface area contributed by atoms with Crippen molar-refractivity contribution in [1.29, 1.82) is 0 Å². The number of β-amino-alcohol motifs (C(OH)–C–C–N with tert-alkyl or cyclic N) is 1. The third-order valence-electron chi connectivity index (χ3n) is 6.94. The minimum Gasteiger partial charge on any atom is -0.491 e. The van der Waals surface area contributed by atoms with Crippen molar-refractivity contribution in [3.05, 3.63) is 84.7 Å². The summed E-state index contributed by atoms with van der Waals surface area (Å²) in [7, 11) is 1.66. The predicted molar refractivity (Wildman–Crippen MR) is 145 cm³/mol. The lowest BCUT2D eigenvalue weighted by atomic mass is 10.0. The van der Waals surface area contributed by atoms with Gasteiger partial charge in [-0.2, -0.15) is 0 Å². The first-order chi connectivity index (χ1) is 18.2. The molecule has 5 aromatic rings. The summed E-state index contributed by atoms with van der Waals surface area (Å²) >= 11 is 0. The molecule has 188 valence electrons. The molecule has 3 aromatic carbocycles. The molecule has 6 rings (SSSR count). The van der Waals surface area contributed by atoms with Crippen molar-refractivity contribution in [2.45, 2.75) is 19.1 Å². The maximum Gasteiger partial charge on any atom is 0.139 e. The van der Waals surface area contributed by atoms with Crippen molar-refractivity contribution < 1.29 is 14.6 Å². The van der Waals surface area contributed by atoms with Gasteiger partial charge in [0.2, 0.25) is 0 Å². The van der Waals surface area contributed by atoms with Crippen LogP contribution < -0.4 is 4.74 Å². The van der Waals surface area contributed by atoms with Crippen molar-refractivity contribution in [3.63, 3.8) is 0 Å². The number of aromatic nitrogens is 3. The van der Waals surface area contributed by atoms with E-state index in [0.29, 0.717) is 13.2 Å². The fraction of sp³-hybridized carbons (Fsp3) is 0.267. The number of aliphatic hydroxyl groups is 1. The van der Waals surface area contributed by atoms with Crippen LogP contribution in [0.2, 0.25) is 0 Å². The van der Waals surface area contributed by atoms with Crippen molar-refractivity contribution in [2.75, 3.05) is 33.4 Å². The summed E-state index contributed by atoms with van der Waals surface area (Å²) in [5, 5.41) is 10.9. The fourth-order valence-electron chi connectivity index (χ4n) is 4.95. The van der Waals surface area contributed by atoms with E-state index in [9.17, 15) is 5.11 Å². The Bertz CT molecular complexity index is 1530. The van der Waals surface area contributed by atoms with Crippen LogP contribution in [0.15, 0.2) is 79.1 Å². The first-order valence-electron chi connectivity index (χ1n) is 12.7. The van der Waals surface area contributed by atoms with E-state index in [2.05, 4.69) is 58.4 Å². The number of aliphatic hydroxyl groups excluding tert-OH is 1. The number of pyridine rings is 1. The molecule has 0 radical (unpaired) electrons. The number of benzene rings is 3. The molecule has 0 spiro atoms. The average Bonchev–Trinajstić information content (AvgIpc) is 3.54. The summed E-state index contributed by atoms with van der Waals surface area (Å²) in [6.07, 6.45) is 2.49. The van der Waals surface area contributed by atoms with Gasteiger partial charge in [-0.3, -0.25) is 9.47 Å². The molecule has 7 nitrogen and oxygen atoms in total. The van der Waals surface area contributed by atoms with Gasteiger partial charge in [0.1, 0.15) is 24.5 Å². The highest BCUT2D eigenvalue weighted by atomic mass is 16.5. The topological polar surface area (TPSA) is 72.6 Å². The molecule has 0 aliphatic carbocycles. The lowest BCUT2D eigenvalue weighted by molar-refractivity contribution is 0.146. The molecule has 0 unspecified atom stereocenters. The molecule has 0 bridgehead atoms. The predicted octanol–water partition coefficient (Wildman–Crippen LogP) is 4.83. The van der Waals surface area contributed by atoms with Crippen LogP contribution in [0, 0.1) is 0 Å². The number of rotatable bonds is 8. The molecule has 37 heavy (non-hydrogen) atoms. The number of likely N-dealkylation sites (tertiary alicyclic amines) is 1. The Kier molecular flexibility index (Phi) is 6.57. The van der Waals surface area contributed by atoms with E-state index in [0.717, 1.165) is 59.6 Å². The number of fused-ring (bicyclic) bond motifs is 2. The largest absolute Gasteiger partial charge is 0.491 e. The SMILES string of the molecule is COCCOc1ccc2c(c1)ncn2-c1ccc2cc(-c3ccc(CN4CC[C@@H](O)C4)cc3)ccc2n1. The van der Waals surface area contributed by atoms with Crippen LogP contribution in [0.3, 0.4) is 0 Å². The van der Waals surface area contributed by atoms with Gasteiger partial charge in [-0.15, -0.1) is 0 Å². The Labute approximate surface area is 215 Å². The molecule has 1 atom stereocenters. The zero-order valence-electron chi connectivity index (χ0n) is 20.9. The van der Waals surface area contributed by atoms with Crippen LogP contribution in [-0.2, 0) is 11.3 Å². The molecule has 0 saturated carbocycles. The quantitative estimate of drug-likeness (QED) is 0.312. The smallest absolute Gasteiger partial charge is 0.139 e. The summed E-state index contributed by atoms with van der Waals surface area (Å²) in [5.41, 5.74) is 6.39. The maximum absolute atomic E-state index is 9.76. The van der Waals surface area contributed by atoms with Crippen molar-refractivity contribution in [1.82, 2.24) is 19.4 Å². The van der Waals surface area contributed by atoms with Crippen LogP contribution in [0.4, 0.5) is 0 Å². The van der Waals surface area contributed by atoms with Crippen LogP contribution in [0.5, 0.6) is 5.75 Å². The summed E-state index contributed by atoms with van der Waals surface area (Å²) in [5.74, 6) is 1.60. The molecule has 2 aromatic heterocycles. The number of hydrogen-bond donors (Lipinski definition) is 1. The zero-order chi connectivity index (χ0) is 25.2.